The first-order valence-electron chi connectivity index (χ1n) is 11.9. The summed E-state index contributed by atoms with van der Waals surface area (Å²) in [5.74, 6) is 3.41. The number of benzene rings is 1. The predicted molar refractivity (Wildman–Crippen MR) is 133 cm³/mol. The molecular weight excluding hydrogens is 394 g/mol. The minimum Gasteiger partial charge on any atom is -0.471 e. The van der Waals surface area contributed by atoms with Crippen LogP contribution >= 0.6 is 0 Å². The van der Waals surface area contributed by atoms with Gasteiger partial charge in [-0.05, 0) is 86.9 Å². The molecule has 1 fully saturated rings. The van der Waals surface area contributed by atoms with E-state index in [-0.39, 0.29) is 11.0 Å². The molecule has 0 saturated heterocycles. The molecule has 1 aromatic carbocycles. The van der Waals surface area contributed by atoms with Gasteiger partial charge in [0.2, 0.25) is 5.88 Å². The molecule has 172 valence electrons. The monoisotopic (exact) mass is 433 g/mol. The molecule has 0 amide bonds. The molecule has 1 aliphatic carbocycles. The topological polar surface area (TPSA) is 60.2 Å². The Kier molecular flexibility index (Phi) is 7.98. The highest BCUT2D eigenvalue weighted by molar-refractivity contribution is 5.37. The third-order valence-corrected chi connectivity index (χ3v) is 6.16. The number of aromatic nitrogens is 1. The number of terminal acetylenes is 1. The minimum absolute atomic E-state index is 0.0337. The molecule has 0 radical (unpaired) electrons. The van der Waals surface area contributed by atoms with Gasteiger partial charge in [-0.3, -0.25) is 0 Å². The molecule has 32 heavy (non-hydrogen) atoms. The second-order valence-corrected chi connectivity index (χ2v) is 10.5. The van der Waals surface area contributed by atoms with Crippen molar-refractivity contribution in [1.29, 1.82) is 0 Å². The number of rotatable bonds is 5. The second kappa shape index (κ2) is 10.5. The molecule has 2 aliphatic rings. The molecule has 2 heterocycles. The molecule has 4 rings (SSSR count). The van der Waals surface area contributed by atoms with Crippen molar-refractivity contribution in [2.45, 2.75) is 77.9 Å². The Morgan fingerprint density at radius 2 is 2.06 bits per heavy atom. The predicted octanol–water partition coefficient (Wildman–Crippen LogP) is 5.33. The number of nitrogens with two attached hydrogens (primary N) is 1. The minimum atomic E-state index is 0.0337. The number of ether oxygens (including phenoxy) is 1. The number of nitrogens with one attached hydrogen (secondary N) is 1. The molecule has 4 nitrogen and oxygen atoms in total. The van der Waals surface area contributed by atoms with E-state index in [2.05, 4.69) is 43.1 Å². The number of pyridine rings is 1. The Morgan fingerprint density at radius 1 is 1.28 bits per heavy atom. The Hall–Kier alpha value is -2.35. The number of hydrogen-bond donors (Lipinski definition) is 2. The summed E-state index contributed by atoms with van der Waals surface area (Å²) in [7, 11) is 0. The third kappa shape index (κ3) is 6.58. The summed E-state index contributed by atoms with van der Waals surface area (Å²) >= 11 is 0. The van der Waals surface area contributed by atoms with Crippen molar-refractivity contribution in [1.82, 2.24) is 10.3 Å². The highest BCUT2D eigenvalue weighted by Crippen LogP contribution is 2.48. The van der Waals surface area contributed by atoms with Gasteiger partial charge in [-0.25, -0.2) is 4.98 Å². The molecule has 0 bridgehead atoms. The van der Waals surface area contributed by atoms with Crippen LogP contribution < -0.4 is 15.8 Å². The van der Waals surface area contributed by atoms with Crippen LogP contribution in [-0.2, 0) is 6.42 Å². The number of nitrogens with zero attached hydrogens (tertiary/aromatic N) is 1. The van der Waals surface area contributed by atoms with Gasteiger partial charge in [0.05, 0.1) is 0 Å². The number of aryl methyl sites for hydroxylation is 1. The zero-order valence-corrected chi connectivity index (χ0v) is 20.2. The van der Waals surface area contributed by atoms with E-state index in [0.29, 0.717) is 6.04 Å². The van der Waals surface area contributed by atoms with Gasteiger partial charge in [-0.15, -0.1) is 6.42 Å². The van der Waals surface area contributed by atoms with Crippen molar-refractivity contribution < 1.29 is 4.74 Å². The van der Waals surface area contributed by atoms with Crippen LogP contribution in [0.1, 0.15) is 81.2 Å². The first kappa shape index (κ1) is 24.3. The van der Waals surface area contributed by atoms with E-state index < -0.39 is 0 Å². The maximum Gasteiger partial charge on any atom is 0.218 e. The Balaban J connectivity index is 0.000000269. The van der Waals surface area contributed by atoms with Gasteiger partial charge in [0.25, 0.3) is 0 Å². The van der Waals surface area contributed by atoms with Gasteiger partial charge >= 0.3 is 0 Å². The number of hydrogen-bond acceptors (Lipinski definition) is 4. The van der Waals surface area contributed by atoms with Gasteiger partial charge < -0.3 is 15.8 Å². The van der Waals surface area contributed by atoms with E-state index in [4.69, 9.17) is 16.9 Å². The lowest BCUT2D eigenvalue weighted by molar-refractivity contribution is -0.0408. The third-order valence-electron chi connectivity index (χ3n) is 6.16. The largest absolute Gasteiger partial charge is 0.471 e. The molecule has 2 aromatic rings. The summed E-state index contributed by atoms with van der Waals surface area (Å²) in [6.45, 7) is 10.5. The fraction of sp³-hybridized carbons (Fsp3) is 0.536. The van der Waals surface area contributed by atoms with Crippen molar-refractivity contribution in [3.05, 3.63) is 58.8 Å². The van der Waals surface area contributed by atoms with E-state index in [0.717, 1.165) is 56.6 Å². The highest BCUT2D eigenvalue weighted by atomic mass is 16.5. The molecule has 1 aromatic heterocycles. The van der Waals surface area contributed by atoms with Crippen LogP contribution in [0.3, 0.4) is 0 Å². The SMILES string of the molecule is C#Cc1cccc(C)c1.CC(C)(C)Cc1cnc2c(c1)C(NCCCN)CC1(CCC1)O2. The van der Waals surface area contributed by atoms with Crippen LogP contribution in [0.5, 0.6) is 5.88 Å². The second-order valence-electron chi connectivity index (χ2n) is 10.5. The van der Waals surface area contributed by atoms with E-state index in [1.807, 2.05) is 37.4 Å². The molecule has 4 heteroatoms. The van der Waals surface area contributed by atoms with Crippen LogP contribution in [0.4, 0.5) is 0 Å². The molecule has 1 atom stereocenters. The van der Waals surface area contributed by atoms with Gasteiger partial charge in [-0.2, -0.15) is 0 Å². The van der Waals surface area contributed by atoms with Crippen LogP contribution in [0.25, 0.3) is 0 Å². The van der Waals surface area contributed by atoms with Gasteiger partial charge in [0.1, 0.15) is 5.60 Å². The fourth-order valence-corrected chi connectivity index (χ4v) is 4.46. The Morgan fingerprint density at radius 3 is 2.62 bits per heavy atom. The average molecular weight is 434 g/mol. The lowest BCUT2D eigenvalue weighted by Gasteiger charge is -2.47. The Labute approximate surface area is 194 Å². The maximum absolute atomic E-state index is 6.30. The Bertz CT molecular complexity index is 934. The quantitative estimate of drug-likeness (QED) is 0.494. The first-order chi connectivity index (χ1) is 15.2. The summed E-state index contributed by atoms with van der Waals surface area (Å²) in [6, 6.07) is 10.6. The van der Waals surface area contributed by atoms with E-state index in [9.17, 15) is 0 Å². The molecule has 1 unspecified atom stereocenters. The summed E-state index contributed by atoms with van der Waals surface area (Å²) in [5.41, 5.74) is 10.7. The zero-order chi connectivity index (χ0) is 23.2. The van der Waals surface area contributed by atoms with Crippen LogP contribution in [0, 0.1) is 24.7 Å². The first-order valence-corrected chi connectivity index (χ1v) is 11.9. The van der Waals surface area contributed by atoms with Gasteiger partial charge in [0, 0.05) is 29.8 Å². The summed E-state index contributed by atoms with van der Waals surface area (Å²) in [5, 5.41) is 3.69. The molecule has 1 saturated carbocycles. The maximum atomic E-state index is 6.30. The van der Waals surface area contributed by atoms with Crippen molar-refractivity contribution in [3.8, 4) is 18.2 Å². The van der Waals surface area contributed by atoms with Gasteiger partial charge in [-0.1, -0.05) is 38.8 Å². The van der Waals surface area contributed by atoms with Crippen LogP contribution in [0.15, 0.2) is 36.5 Å². The van der Waals surface area contributed by atoms with Crippen molar-refractivity contribution in [2.75, 3.05) is 13.1 Å². The fourth-order valence-electron chi connectivity index (χ4n) is 4.46. The van der Waals surface area contributed by atoms with Gasteiger partial charge in [0.15, 0.2) is 0 Å². The lowest BCUT2D eigenvalue weighted by atomic mass is 9.73. The summed E-state index contributed by atoms with van der Waals surface area (Å²) in [4.78, 5) is 4.67. The smallest absolute Gasteiger partial charge is 0.218 e. The molecular formula is C28H39N3O. The van der Waals surface area contributed by atoms with Crippen LogP contribution in [-0.4, -0.2) is 23.7 Å². The summed E-state index contributed by atoms with van der Waals surface area (Å²) in [6.07, 6.45) is 13.9. The lowest BCUT2D eigenvalue weighted by Crippen LogP contribution is -2.49. The average Bonchev–Trinajstić information content (AvgIpc) is 2.72. The van der Waals surface area contributed by atoms with Crippen LogP contribution in [0.2, 0.25) is 0 Å². The number of fused-ring (bicyclic) bond motifs is 1. The zero-order valence-electron chi connectivity index (χ0n) is 20.2. The molecule has 1 aliphatic heterocycles. The molecule has 3 N–H and O–H groups in total. The van der Waals surface area contributed by atoms with E-state index >= 15 is 0 Å². The normalized spacial score (nSPS) is 18.4. The highest BCUT2D eigenvalue weighted by Gasteiger charge is 2.46. The van der Waals surface area contributed by atoms with Crippen molar-refractivity contribution >= 4 is 0 Å². The van der Waals surface area contributed by atoms with Crippen molar-refractivity contribution in [3.63, 3.8) is 0 Å². The van der Waals surface area contributed by atoms with E-state index in [1.54, 1.807) is 0 Å². The standard InChI is InChI=1S/C19H31N3O.C9H8/c1-18(2,3)11-14-10-15-16(21-9-5-8-20)12-19(6-4-7-19)23-17(15)22-13-14;1-3-9-6-4-5-8(2)7-9/h10,13,16,21H,4-9,11-12,20H2,1-3H3;1,4-7H,2H3. The molecule has 1 spiro atoms. The van der Waals surface area contributed by atoms with Crippen molar-refractivity contribution in [2.24, 2.45) is 11.1 Å². The van der Waals surface area contributed by atoms with E-state index in [1.165, 1.54) is 23.1 Å². The summed E-state index contributed by atoms with van der Waals surface area (Å²) < 4.78 is 6.30.